The molecule has 1 aliphatic heterocycles. The Morgan fingerprint density at radius 3 is 2.61 bits per heavy atom. The molecular formula is C16H20N2O5. The van der Waals surface area contributed by atoms with Gasteiger partial charge in [0.05, 0.1) is 10.5 Å². The Labute approximate surface area is 134 Å². The highest BCUT2D eigenvalue weighted by molar-refractivity contribution is 5.78. The number of phenols is 1. The van der Waals surface area contributed by atoms with Crippen molar-refractivity contribution in [1.82, 2.24) is 4.90 Å². The fourth-order valence-corrected chi connectivity index (χ4v) is 2.39. The molecule has 0 saturated heterocycles. The van der Waals surface area contributed by atoms with Gasteiger partial charge in [-0.3, -0.25) is 10.1 Å². The van der Waals surface area contributed by atoms with Crippen molar-refractivity contribution in [3.63, 3.8) is 0 Å². The van der Waals surface area contributed by atoms with E-state index in [1.165, 1.54) is 6.07 Å². The van der Waals surface area contributed by atoms with Crippen molar-refractivity contribution in [3.8, 4) is 5.75 Å². The number of para-hydroxylation sites is 1. The molecule has 0 saturated carbocycles. The standard InChI is InChI=1S/C16H20N2O5/c1-16(2,3)23-15(20)17-9-7-11(8-10-17)12-5-4-6-13(19)14(12)18(21)22/h4-7,19H,8-10H2,1-3H3. The number of carbonyl (C=O) groups excluding carboxylic acids is 1. The number of hydrogen-bond acceptors (Lipinski definition) is 5. The number of nitrogens with zero attached hydrogens (tertiary/aromatic N) is 2. The monoisotopic (exact) mass is 320 g/mol. The zero-order chi connectivity index (χ0) is 17.2. The van der Waals surface area contributed by atoms with Crippen LogP contribution in [-0.4, -0.2) is 39.7 Å². The van der Waals surface area contributed by atoms with Gasteiger partial charge in [-0.2, -0.15) is 0 Å². The Balaban J connectivity index is 2.19. The minimum Gasteiger partial charge on any atom is -0.502 e. The topological polar surface area (TPSA) is 92.9 Å². The average Bonchev–Trinajstić information content (AvgIpc) is 2.45. The van der Waals surface area contributed by atoms with Gasteiger partial charge in [-0.15, -0.1) is 0 Å². The van der Waals surface area contributed by atoms with Gasteiger partial charge in [-0.1, -0.05) is 12.1 Å². The molecule has 1 aromatic rings. The van der Waals surface area contributed by atoms with E-state index in [2.05, 4.69) is 0 Å². The van der Waals surface area contributed by atoms with Crippen LogP contribution >= 0.6 is 0 Å². The Morgan fingerprint density at radius 2 is 2.09 bits per heavy atom. The van der Waals surface area contributed by atoms with Gasteiger partial charge in [0.25, 0.3) is 0 Å². The number of nitro groups is 1. The third-order valence-electron chi connectivity index (χ3n) is 3.40. The number of amides is 1. The molecule has 0 unspecified atom stereocenters. The fraction of sp³-hybridized carbons (Fsp3) is 0.438. The molecule has 1 amide bonds. The van der Waals surface area contributed by atoms with E-state index in [-0.39, 0.29) is 11.4 Å². The number of rotatable bonds is 2. The number of ether oxygens (including phenoxy) is 1. The predicted octanol–water partition coefficient (Wildman–Crippen LogP) is 3.32. The first-order chi connectivity index (χ1) is 10.7. The summed E-state index contributed by atoms with van der Waals surface area (Å²) >= 11 is 0. The van der Waals surface area contributed by atoms with Gasteiger partial charge >= 0.3 is 11.8 Å². The van der Waals surface area contributed by atoms with E-state index in [0.29, 0.717) is 25.1 Å². The maximum absolute atomic E-state index is 12.0. The van der Waals surface area contributed by atoms with Gasteiger partial charge in [-0.25, -0.2) is 4.79 Å². The van der Waals surface area contributed by atoms with Crippen molar-refractivity contribution in [3.05, 3.63) is 40.0 Å². The van der Waals surface area contributed by atoms with Crippen molar-refractivity contribution < 1.29 is 19.6 Å². The first-order valence-corrected chi connectivity index (χ1v) is 7.33. The van der Waals surface area contributed by atoms with Crippen LogP contribution < -0.4 is 0 Å². The summed E-state index contributed by atoms with van der Waals surface area (Å²) in [5, 5.41) is 20.9. The molecule has 1 N–H and O–H groups in total. The molecule has 124 valence electrons. The van der Waals surface area contributed by atoms with E-state index in [9.17, 15) is 20.0 Å². The molecule has 7 heteroatoms. The highest BCUT2D eigenvalue weighted by Gasteiger charge is 2.27. The third kappa shape index (κ3) is 4.00. The van der Waals surface area contributed by atoms with E-state index in [1.54, 1.807) is 43.9 Å². The highest BCUT2D eigenvalue weighted by atomic mass is 16.6. The maximum Gasteiger partial charge on any atom is 0.410 e. The number of aromatic hydroxyl groups is 1. The first kappa shape index (κ1) is 16.8. The molecule has 1 aliphatic rings. The van der Waals surface area contributed by atoms with Crippen LogP contribution in [0.5, 0.6) is 5.75 Å². The third-order valence-corrected chi connectivity index (χ3v) is 3.40. The second-order valence-corrected chi connectivity index (χ2v) is 6.34. The van der Waals surface area contributed by atoms with Crippen LogP contribution in [0.3, 0.4) is 0 Å². The minimum absolute atomic E-state index is 0.301. The van der Waals surface area contributed by atoms with Gasteiger partial charge < -0.3 is 14.7 Å². The molecule has 0 radical (unpaired) electrons. The molecule has 2 rings (SSSR count). The van der Waals surface area contributed by atoms with E-state index in [1.807, 2.05) is 0 Å². The van der Waals surface area contributed by atoms with Crippen LogP contribution in [0.25, 0.3) is 5.57 Å². The van der Waals surface area contributed by atoms with Crippen LogP contribution in [-0.2, 0) is 4.74 Å². The quantitative estimate of drug-likeness (QED) is 0.666. The summed E-state index contributed by atoms with van der Waals surface area (Å²) < 4.78 is 5.31. The molecule has 0 bridgehead atoms. The van der Waals surface area contributed by atoms with E-state index < -0.39 is 16.6 Å². The molecule has 1 heterocycles. The van der Waals surface area contributed by atoms with Gasteiger partial charge in [0, 0.05) is 13.1 Å². The lowest BCUT2D eigenvalue weighted by Crippen LogP contribution is -2.39. The van der Waals surface area contributed by atoms with Crippen molar-refractivity contribution >= 4 is 17.4 Å². The van der Waals surface area contributed by atoms with Gasteiger partial charge in [0.2, 0.25) is 0 Å². The van der Waals surface area contributed by atoms with E-state index >= 15 is 0 Å². The number of carbonyl (C=O) groups is 1. The Morgan fingerprint density at radius 1 is 1.39 bits per heavy atom. The molecule has 0 atom stereocenters. The summed E-state index contributed by atoms with van der Waals surface area (Å²) in [5.41, 5.74) is 0.265. The van der Waals surface area contributed by atoms with Crippen LogP contribution in [0.2, 0.25) is 0 Å². The summed E-state index contributed by atoms with van der Waals surface area (Å²) in [5.74, 6) is -0.358. The average molecular weight is 320 g/mol. The number of benzene rings is 1. The van der Waals surface area contributed by atoms with Crippen LogP contribution in [0, 0.1) is 10.1 Å². The van der Waals surface area contributed by atoms with Crippen molar-refractivity contribution in [2.45, 2.75) is 32.8 Å². The molecule has 0 aromatic heterocycles. The molecule has 23 heavy (non-hydrogen) atoms. The van der Waals surface area contributed by atoms with Crippen LogP contribution in [0.15, 0.2) is 24.3 Å². The van der Waals surface area contributed by atoms with Crippen LogP contribution in [0.4, 0.5) is 10.5 Å². The largest absolute Gasteiger partial charge is 0.502 e. The summed E-state index contributed by atoms with van der Waals surface area (Å²) in [6.45, 7) is 6.12. The van der Waals surface area contributed by atoms with Gasteiger partial charge in [0.15, 0.2) is 5.75 Å². The second-order valence-electron chi connectivity index (χ2n) is 6.34. The van der Waals surface area contributed by atoms with Crippen molar-refractivity contribution in [2.75, 3.05) is 13.1 Å². The first-order valence-electron chi connectivity index (χ1n) is 7.33. The van der Waals surface area contributed by atoms with E-state index in [0.717, 1.165) is 5.57 Å². The minimum atomic E-state index is -0.592. The SMILES string of the molecule is CC(C)(C)OC(=O)N1CC=C(c2cccc(O)c2[N+](=O)[O-])CC1. The number of nitro benzene ring substituents is 1. The normalized spacial score (nSPS) is 15.1. The molecule has 0 fully saturated rings. The van der Waals surface area contributed by atoms with E-state index in [4.69, 9.17) is 4.74 Å². The summed E-state index contributed by atoms with van der Waals surface area (Å²) in [6.07, 6.45) is 1.82. The van der Waals surface area contributed by atoms with Gasteiger partial charge in [-0.05, 0) is 44.9 Å². The second kappa shape index (κ2) is 6.28. The molecule has 7 nitrogen and oxygen atoms in total. The lowest BCUT2D eigenvalue weighted by Gasteiger charge is -2.29. The zero-order valence-corrected chi connectivity index (χ0v) is 13.4. The van der Waals surface area contributed by atoms with Crippen molar-refractivity contribution in [2.24, 2.45) is 0 Å². The fourth-order valence-electron chi connectivity index (χ4n) is 2.39. The van der Waals surface area contributed by atoms with Crippen LogP contribution in [0.1, 0.15) is 32.8 Å². The summed E-state index contributed by atoms with van der Waals surface area (Å²) in [6, 6.07) is 4.46. The lowest BCUT2D eigenvalue weighted by atomic mass is 9.97. The van der Waals surface area contributed by atoms with Gasteiger partial charge in [0.1, 0.15) is 5.60 Å². The molecule has 0 aliphatic carbocycles. The Bertz CT molecular complexity index is 661. The maximum atomic E-state index is 12.0. The van der Waals surface area contributed by atoms with Crippen molar-refractivity contribution in [1.29, 1.82) is 0 Å². The predicted molar refractivity (Wildman–Crippen MR) is 85.2 cm³/mol. The lowest BCUT2D eigenvalue weighted by molar-refractivity contribution is -0.386. The number of hydrogen-bond donors (Lipinski definition) is 1. The number of phenolic OH excluding ortho intramolecular Hbond substituents is 1. The molecular weight excluding hydrogens is 300 g/mol. The molecule has 0 spiro atoms. The highest BCUT2D eigenvalue weighted by Crippen LogP contribution is 2.36. The Hall–Kier alpha value is -2.57. The Kier molecular flexibility index (Phi) is 4.58. The summed E-state index contributed by atoms with van der Waals surface area (Å²) in [4.78, 5) is 24.1. The summed E-state index contributed by atoms with van der Waals surface area (Å²) in [7, 11) is 0. The zero-order valence-electron chi connectivity index (χ0n) is 13.4. The molecule has 1 aromatic carbocycles. The smallest absolute Gasteiger partial charge is 0.410 e.